The van der Waals surface area contributed by atoms with Gasteiger partial charge in [0, 0.05) is 18.5 Å². The van der Waals surface area contributed by atoms with Gasteiger partial charge in [0.05, 0.1) is 6.54 Å². The minimum absolute atomic E-state index is 0.191. The molecule has 2 rings (SSSR count). The first kappa shape index (κ1) is 12.7. The molecule has 0 aliphatic rings. The summed E-state index contributed by atoms with van der Waals surface area (Å²) in [6.45, 7) is 2.98. The van der Waals surface area contributed by atoms with Crippen molar-refractivity contribution in [2.75, 3.05) is 7.05 Å². The summed E-state index contributed by atoms with van der Waals surface area (Å²) in [7, 11) is 1.89. The van der Waals surface area contributed by atoms with Crippen LogP contribution in [0.3, 0.4) is 0 Å². The first-order chi connectivity index (χ1) is 8.69. The Morgan fingerprint density at radius 1 is 1.17 bits per heavy atom. The first-order valence-corrected chi connectivity index (χ1v) is 5.92. The van der Waals surface area contributed by atoms with E-state index in [1.165, 1.54) is 6.07 Å². The maximum atomic E-state index is 13.5. The molecule has 0 saturated carbocycles. The smallest absolute Gasteiger partial charge is 0.230 e. The lowest BCUT2D eigenvalue weighted by atomic mass is 10.2. The van der Waals surface area contributed by atoms with Crippen molar-refractivity contribution < 1.29 is 8.81 Å². The van der Waals surface area contributed by atoms with Gasteiger partial charge in [-0.25, -0.2) is 4.39 Å². The van der Waals surface area contributed by atoms with E-state index in [0.717, 1.165) is 6.42 Å². The van der Waals surface area contributed by atoms with Crippen molar-refractivity contribution in [2.24, 2.45) is 0 Å². The maximum absolute atomic E-state index is 13.5. The minimum atomic E-state index is -0.191. The van der Waals surface area contributed by atoms with Gasteiger partial charge >= 0.3 is 0 Å². The van der Waals surface area contributed by atoms with Crippen LogP contribution in [-0.4, -0.2) is 22.1 Å². The molecule has 1 heterocycles. The molecule has 18 heavy (non-hydrogen) atoms. The van der Waals surface area contributed by atoms with Gasteiger partial charge in [0.25, 0.3) is 0 Å². The third-order valence-electron chi connectivity index (χ3n) is 2.61. The van der Waals surface area contributed by atoms with Crippen molar-refractivity contribution in [3.05, 3.63) is 47.4 Å². The highest BCUT2D eigenvalue weighted by atomic mass is 19.1. The highest BCUT2D eigenvalue weighted by molar-refractivity contribution is 5.16. The molecule has 0 radical (unpaired) electrons. The number of hydrogen-bond donors (Lipinski definition) is 0. The van der Waals surface area contributed by atoms with E-state index in [1.807, 2.05) is 24.9 Å². The monoisotopic (exact) mass is 249 g/mol. The summed E-state index contributed by atoms with van der Waals surface area (Å²) in [6.07, 6.45) is 0.726. The Morgan fingerprint density at radius 2 is 1.89 bits per heavy atom. The molecule has 0 unspecified atom stereocenters. The molecular weight excluding hydrogens is 233 g/mol. The van der Waals surface area contributed by atoms with Crippen LogP contribution in [0.5, 0.6) is 0 Å². The van der Waals surface area contributed by atoms with Gasteiger partial charge < -0.3 is 4.42 Å². The summed E-state index contributed by atoms with van der Waals surface area (Å²) >= 11 is 0. The molecule has 0 saturated heterocycles. The number of aryl methyl sites for hydroxylation is 1. The molecule has 0 aliphatic carbocycles. The molecule has 2 aromatic rings. The number of benzene rings is 1. The fourth-order valence-electron chi connectivity index (χ4n) is 1.70. The number of hydrogen-bond acceptors (Lipinski definition) is 4. The Balaban J connectivity index is 1.96. The van der Waals surface area contributed by atoms with Crippen molar-refractivity contribution in [3.8, 4) is 0 Å². The molecule has 0 spiro atoms. The summed E-state index contributed by atoms with van der Waals surface area (Å²) in [6, 6.07) is 6.75. The third-order valence-corrected chi connectivity index (χ3v) is 2.61. The Labute approximate surface area is 105 Å². The molecule has 4 nitrogen and oxygen atoms in total. The van der Waals surface area contributed by atoms with Crippen molar-refractivity contribution in [1.82, 2.24) is 15.1 Å². The number of rotatable bonds is 5. The van der Waals surface area contributed by atoms with Crippen LogP contribution in [0.15, 0.2) is 28.7 Å². The summed E-state index contributed by atoms with van der Waals surface area (Å²) in [5.41, 5.74) is 0.662. The predicted octanol–water partition coefficient (Wildman–Crippen LogP) is 2.40. The van der Waals surface area contributed by atoms with Crippen molar-refractivity contribution >= 4 is 0 Å². The van der Waals surface area contributed by atoms with E-state index in [9.17, 15) is 4.39 Å². The lowest BCUT2D eigenvalue weighted by Crippen LogP contribution is -2.18. The van der Waals surface area contributed by atoms with E-state index < -0.39 is 0 Å². The SMILES string of the molecule is CCc1nnc(CN(C)Cc2ccccc2F)o1. The Kier molecular flexibility index (Phi) is 4.04. The van der Waals surface area contributed by atoms with Gasteiger partial charge in [0.1, 0.15) is 5.82 Å². The fourth-order valence-corrected chi connectivity index (χ4v) is 1.70. The molecule has 0 amide bonds. The first-order valence-electron chi connectivity index (χ1n) is 5.92. The average Bonchev–Trinajstić information content (AvgIpc) is 2.80. The van der Waals surface area contributed by atoms with Gasteiger partial charge in [-0.2, -0.15) is 0 Å². The number of aromatic nitrogens is 2. The lowest BCUT2D eigenvalue weighted by Gasteiger charge is -2.14. The van der Waals surface area contributed by atoms with E-state index in [-0.39, 0.29) is 5.82 Å². The van der Waals surface area contributed by atoms with Gasteiger partial charge in [0.2, 0.25) is 11.8 Å². The summed E-state index contributed by atoms with van der Waals surface area (Å²) in [4.78, 5) is 1.94. The van der Waals surface area contributed by atoms with E-state index in [2.05, 4.69) is 10.2 Å². The quantitative estimate of drug-likeness (QED) is 0.816. The second-order valence-corrected chi connectivity index (χ2v) is 4.21. The molecule has 1 aromatic heterocycles. The standard InChI is InChI=1S/C13H16FN3O/c1-3-12-15-16-13(18-12)9-17(2)8-10-6-4-5-7-11(10)14/h4-7H,3,8-9H2,1-2H3. The summed E-state index contributed by atoms with van der Waals surface area (Å²) in [5.74, 6) is 0.999. The Bertz CT molecular complexity index is 512. The van der Waals surface area contributed by atoms with E-state index >= 15 is 0 Å². The van der Waals surface area contributed by atoms with E-state index in [4.69, 9.17) is 4.42 Å². The van der Waals surface area contributed by atoms with Gasteiger partial charge in [-0.1, -0.05) is 25.1 Å². The van der Waals surface area contributed by atoms with Crippen LogP contribution >= 0.6 is 0 Å². The molecule has 1 aromatic carbocycles. The minimum Gasteiger partial charge on any atom is -0.424 e. The topological polar surface area (TPSA) is 42.2 Å². The van der Waals surface area contributed by atoms with E-state index in [0.29, 0.717) is 30.4 Å². The van der Waals surface area contributed by atoms with Crippen LogP contribution in [-0.2, 0) is 19.5 Å². The molecule has 96 valence electrons. The highest BCUT2D eigenvalue weighted by Crippen LogP contribution is 2.11. The van der Waals surface area contributed by atoms with Gasteiger partial charge in [0.15, 0.2) is 0 Å². The molecule has 0 aliphatic heterocycles. The van der Waals surface area contributed by atoms with Crippen molar-refractivity contribution in [1.29, 1.82) is 0 Å². The van der Waals surface area contributed by atoms with E-state index in [1.54, 1.807) is 12.1 Å². The highest BCUT2D eigenvalue weighted by Gasteiger charge is 2.10. The van der Waals surface area contributed by atoms with Gasteiger partial charge in [-0.15, -0.1) is 10.2 Å². The number of nitrogens with zero attached hydrogens (tertiary/aromatic N) is 3. The van der Waals surface area contributed by atoms with Crippen LogP contribution in [0.25, 0.3) is 0 Å². The van der Waals surface area contributed by atoms with Crippen LogP contribution in [0, 0.1) is 5.82 Å². The van der Waals surface area contributed by atoms with Gasteiger partial charge in [-0.05, 0) is 13.1 Å². The second kappa shape index (κ2) is 5.73. The van der Waals surface area contributed by atoms with Crippen molar-refractivity contribution in [2.45, 2.75) is 26.4 Å². The average molecular weight is 249 g/mol. The molecule has 5 heteroatoms. The molecule has 0 atom stereocenters. The largest absolute Gasteiger partial charge is 0.424 e. The predicted molar refractivity (Wildman–Crippen MR) is 65.2 cm³/mol. The van der Waals surface area contributed by atoms with Crippen LogP contribution in [0.2, 0.25) is 0 Å². The summed E-state index contributed by atoms with van der Waals surface area (Å²) in [5, 5.41) is 7.83. The molecular formula is C13H16FN3O. The van der Waals surface area contributed by atoms with Crippen molar-refractivity contribution in [3.63, 3.8) is 0 Å². The Morgan fingerprint density at radius 3 is 2.56 bits per heavy atom. The summed E-state index contributed by atoms with van der Waals surface area (Å²) < 4.78 is 18.9. The lowest BCUT2D eigenvalue weighted by molar-refractivity contribution is 0.274. The second-order valence-electron chi connectivity index (χ2n) is 4.21. The zero-order chi connectivity index (χ0) is 13.0. The molecule has 0 bridgehead atoms. The molecule has 0 N–H and O–H groups in total. The third kappa shape index (κ3) is 3.13. The van der Waals surface area contributed by atoms with Gasteiger partial charge in [-0.3, -0.25) is 4.90 Å². The normalized spacial score (nSPS) is 11.1. The zero-order valence-corrected chi connectivity index (χ0v) is 10.6. The van der Waals surface area contributed by atoms with Crippen LogP contribution < -0.4 is 0 Å². The fraction of sp³-hybridized carbons (Fsp3) is 0.385. The van der Waals surface area contributed by atoms with Crippen LogP contribution in [0.4, 0.5) is 4.39 Å². The Hall–Kier alpha value is -1.75. The molecule has 0 fully saturated rings. The zero-order valence-electron chi connectivity index (χ0n) is 10.6. The number of halogens is 1. The van der Waals surface area contributed by atoms with Crippen LogP contribution in [0.1, 0.15) is 24.3 Å². The maximum Gasteiger partial charge on any atom is 0.230 e.